The Hall–Kier alpha value is -0.865. The van der Waals surface area contributed by atoms with Gasteiger partial charge in [0.25, 0.3) is 0 Å². The number of hydrogen-bond donors (Lipinski definition) is 0. The zero-order chi connectivity index (χ0) is 9.31. The van der Waals surface area contributed by atoms with Gasteiger partial charge >= 0.3 is 0 Å². The molecule has 1 saturated heterocycles. The maximum atomic E-state index is 5.56. The molecular weight excluding hydrogens is 165 g/mol. The van der Waals surface area contributed by atoms with Gasteiger partial charge in [-0.1, -0.05) is 12.1 Å². The molecule has 0 bridgehead atoms. The van der Waals surface area contributed by atoms with Crippen molar-refractivity contribution in [1.82, 2.24) is 4.98 Å². The number of rotatable bonds is 1. The van der Waals surface area contributed by atoms with E-state index >= 15 is 0 Å². The maximum absolute atomic E-state index is 5.56. The van der Waals surface area contributed by atoms with Gasteiger partial charge in [0.2, 0.25) is 5.79 Å². The van der Waals surface area contributed by atoms with E-state index in [0.29, 0.717) is 18.8 Å². The van der Waals surface area contributed by atoms with Gasteiger partial charge in [-0.2, -0.15) is 0 Å². The molecule has 2 radical (unpaired) electrons. The molecule has 4 heteroatoms. The molecule has 2 rings (SSSR count). The molecule has 1 aromatic rings. The molecule has 66 valence electrons. The van der Waals surface area contributed by atoms with E-state index in [1.807, 2.05) is 19.1 Å². The second-order valence-corrected chi connectivity index (χ2v) is 3.09. The van der Waals surface area contributed by atoms with Crippen molar-refractivity contribution >= 4 is 13.4 Å². The van der Waals surface area contributed by atoms with Crippen LogP contribution < -0.4 is 5.59 Å². The van der Waals surface area contributed by atoms with Gasteiger partial charge in [-0.05, 0) is 18.6 Å². The Morgan fingerprint density at radius 2 is 2.08 bits per heavy atom. The van der Waals surface area contributed by atoms with Crippen LogP contribution in [0.2, 0.25) is 0 Å². The summed E-state index contributed by atoms with van der Waals surface area (Å²) in [6, 6.07) is 5.43. The molecule has 0 spiro atoms. The minimum Gasteiger partial charge on any atom is -0.342 e. The summed E-state index contributed by atoms with van der Waals surface area (Å²) in [5, 5.41) is 0. The lowest BCUT2D eigenvalue weighted by atomic mass is 10.0. The molecule has 0 aromatic carbocycles. The lowest BCUT2D eigenvalue weighted by Crippen LogP contribution is -2.26. The SMILES string of the molecule is [B]c1cccc(C2(C)OCCO2)n1. The van der Waals surface area contributed by atoms with Crippen molar-refractivity contribution in [2.75, 3.05) is 13.2 Å². The first kappa shape index (κ1) is 8.72. The molecule has 2 heterocycles. The Morgan fingerprint density at radius 1 is 1.38 bits per heavy atom. The Bertz CT molecular complexity index is 310. The quantitative estimate of drug-likeness (QED) is 0.567. The topological polar surface area (TPSA) is 31.4 Å². The summed E-state index contributed by atoms with van der Waals surface area (Å²) in [6.45, 7) is 3.06. The van der Waals surface area contributed by atoms with Crippen molar-refractivity contribution in [3.8, 4) is 0 Å². The second kappa shape index (κ2) is 3.12. The molecule has 0 unspecified atom stereocenters. The molecule has 0 amide bonds. The summed E-state index contributed by atoms with van der Waals surface area (Å²) in [5.74, 6) is -0.713. The smallest absolute Gasteiger partial charge is 0.209 e. The molecule has 0 aliphatic carbocycles. The third kappa shape index (κ3) is 1.60. The molecular formula is C9H10BNO2. The van der Waals surface area contributed by atoms with E-state index < -0.39 is 5.79 Å². The van der Waals surface area contributed by atoms with Gasteiger partial charge in [0.1, 0.15) is 7.85 Å². The highest BCUT2D eigenvalue weighted by atomic mass is 16.7. The molecule has 1 aromatic heterocycles. The van der Waals surface area contributed by atoms with Crippen LogP contribution >= 0.6 is 0 Å². The molecule has 1 fully saturated rings. The van der Waals surface area contributed by atoms with Gasteiger partial charge in [-0.25, -0.2) is 0 Å². The lowest BCUT2D eigenvalue weighted by Gasteiger charge is -2.21. The molecule has 1 aliphatic heterocycles. The molecule has 13 heavy (non-hydrogen) atoms. The third-order valence-corrected chi connectivity index (χ3v) is 2.07. The van der Waals surface area contributed by atoms with Crippen molar-refractivity contribution in [2.24, 2.45) is 0 Å². The normalized spacial score (nSPS) is 20.4. The minimum absolute atomic E-state index is 0.484. The third-order valence-electron chi connectivity index (χ3n) is 2.07. The van der Waals surface area contributed by atoms with Crippen LogP contribution in [0.15, 0.2) is 18.2 Å². The highest BCUT2D eigenvalue weighted by Crippen LogP contribution is 2.28. The van der Waals surface area contributed by atoms with Gasteiger partial charge in [0.15, 0.2) is 0 Å². The number of nitrogens with zero attached hydrogens (tertiary/aromatic N) is 1. The highest BCUT2D eigenvalue weighted by molar-refractivity contribution is 6.30. The maximum Gasteiger partial charge on any atom is 0.209 e. The van der Waals surface area contributed by atoms with E-state index in [2.05, 4.69) is 4.98 Å². The summed E-state index contributed by atoms with van der Waals surface area (Å²) in [7, 11) is 5.56. The summed E-state index contributed by atoms with van der Waals surface area (Å²) in [4.78, 5) is 4.15. The molecule has 0 saturated carbocycles. The monoisotopic (exact) mass is 175 g/mol. The fourth-order valence-corrected chi connectivity index (χ4v) is 1.37. The zero-order valence-electron chi connectivity index (χ0n) is 7.49. The molecule has 3 nitrogen and oxygen atoms in total. The van der Waals surface area contributed by atoms with Crippen LogP contribution in [0.4, 0.5) is 0 Å². The minimum atomic E-state index is -0.713. The van der Waals surface area contributed by atoms with Crippen LogP contribution in [0, 0.1) is 0 Å². The second-order valence-electron chi connectivity index (χ2n) is 3.09. The zero-order valence-corrected chi connectivity index (χ0v) is 7.49. The van der Waals surface area contributed by atoms with E-state index in [1.54, 1.807) is 6.07 Å². The highest BCUT2D eigenvalue weighted by Gasteiger charge is 2.34. The number of aromatic nitrogens is 1. The average Bonchev–Trinajstić information content (AvgIpc) is 2.54. The van der Waals surface area contributed by atoms with Crippen LogP contribution in [0.25, 0.3) is 0 Å². The van der Waals surface area contributed by atoms with Crippen LogP contribution in [0.3, 0.4) is 0 Å². The fraction of sp³-hybridized carbons (Fsp3) is 0.444. The van der Waals surface area contributed by atoms with Crippen LogP contribution in [-0.2, 0) is 15.3 Å². The van der Waals surface area contributed by atoms with Gasteiger partial charge < -0.3 is 9.47 Å². The first-order chi connectivity index (χ1) is 6.21. The van der Waals surface area contributed by atoms with E-state index in [4.69, 9.17) is 17.3 Å². The van der Waals surface area contributed by atoms with Gasteiger partial charge in [0, 0.05) is 0 Å². The van der Waals surface area contributed by atoms with E-state index in [0.717, 1.165) is 5.69 Å². The lowest BCUT2D eigenvalue weighted by molar-refractivity contribution is -0.152. The van der Waals surface area contributed by atoms with Crippen molar-refractivity contribution in [3.05, 3.63) is 23.9 Å². The summed E-state index contributed by atoms with van der Waals surface area (Å²) in [5.41, 5.74) is 1.21. The van der Waals surface area contributed by atoms with Crippen molar-refractivity contribution in [1.29, 1.82) is 0 Å². The van der Waals surface area contributed by atoms with Crippen molar-refractivity contribution < 1.29 is 9.47 Å². The van der Waals surface area contributed by atoms with Crippen LogP contribution in [0.1, 0.15) is 12.6 Å². The fourth-order valence-electron chi connectivity index (χ4n) is 1.37. The van der Waals surface area contributed by atoms with Crippen LogP contribution in [0.5, 0.6) is 0 Å². The van der Waals surface area contributed by atoms with Gasteiger partial charge in [0.05, 0.1) is 18.9 Å². The van der Waals surface area contributed by atoms with E-state index in [-0.39, 0.29) is 0 Å². The number of pyridine rings is 1. The largest absolute Gasteiger partial charge is 0.342 e. The summed E-state index contributed by atoms with van der Waals surface area (Å²) >= 11 is 0. The predicted octanol–water partition coefficient (Wildman–Crippen LogP) is 0.0949. The van der Waals surface area contributed by atoms with E-state index in [1.165, 1.54) is 0 Å². The Kier molecular flexibility index (Phi) is 2.10. The number of ether oxygens (including phenoxy) is 2. The molecule has 0 atom stereocenters. The standard InChI is InChI=1S/C9H10BNO2/c1-9(12-5-6-13-9)7-3-2-4-8(10)11-7/h2-4H,5-6H2,1H3. The predicted molar refractivity (Wildman–Crippen MR) is 48.9 cm³/mol. The summed E-state index contributed by atoms with van der Waals surface area (Å²) in [6.07, 6.45) is 0. The summed E-state index contributed by atoms with van der Waals surface area (Å²) < 4.78 is 10.9. The van der Waals surface area contributed by atoms with Gasteiger partial charge in [-0.15, -0.1) is 0 Å². The van der Waals surface area contributed by atoms with Crippen molar-refractivity contribution in [3.63, 3.8) is 0 Å². The Labute approximate surface area is 78.5 Å². The van der Waals surface area contributed by atoms with Crippen molar-refractivity contribution in [2.45, 2.75) is 12.7 Å². The molecule has 1 aliphatic rings. The van der Waals surface area contributed by atoms with Gasteiger partial charge in [-0.3, -0.25) is 4.98 Å². The molecule has 0 N–H and O–H groups in total. The van der Waals surface area contributed by atoms with Crippen LogP contribution in [-0.4, -0.2) is 26.0 Å². The van der Waals surface area contributed by atoms with E-state index in [9.17, 15) is 0 Å². The first-order valence-corrected chi connectivity index (χ1v) is 4.22. The Balaban J connectivity index is 2.33. The number of hydrogen-bond acceptors (Lipinski definition) is 3. The first-order valence-electron chi connectivity index (χ1n) is 4.22. The Morgan fingerprint density at radius 3 is 2.69 bits per heavy atom. The average molecular weight is 175 g/mol.